The Morgan fingerprint density at radius 2 is 1.80 bits per heavy atom. The van der Waals surface area contributed by atoms with Crippen molar-refractivity contribution in [2.24, 2.45) is 0 Å². The van der Waals surface area contributed by atoms with Crippen LogP contribution in [-0.4, -0.2) is 57.6 Å². The van der Waals surface area contributed by atoms with Crippen molar-refractivity contribution in [2.75, 3.05) is 13.6 Å². The van der Waals surface area contributed by atoms with Gasteiger partial charge in [0.25, 0.3) is 5.91 Å². The maximum absolute atomic E-state index is 12.6. The largest absolute Gasteiger partial charge is 0.332 e. The van der Waals surface area contributed by atoms with Crippen LogP contribution in [0.3, 0.4) is 0 Å². The lowest BCUT2D eigenvalue weighted by atomic mass is 10.0. The molecule has 1 saturated heterocycles. The first-order valence-corrected chi connectivity index (χ1v) is 7.98. The maximum Gasteiger partial charge on any atom is 0.252 e. The lowest BCUT2D eigenvalue weighted by molar-refractivity contribution is -0.160. The lowest BCUT2D eigenvalue weighted by Crippen LogP contribution is -2.60. The zero-order valence-corrected chi connectivity index (χ0v) is 14.4. The number of fused-ring (bicyclic) bond motifs is 1. The third-order valence-electron chi connectivity index (χ3n) is 4.63. The van der Waals surface area contributed by atoms with Gasteiger partial charge in [0, 0.05) is 38.9 Å². The number of amides is 3. The number of rotatable bonds is 2. The average Bonchev–Trinajstić information content (AvgIpc) is 2.93. The molecule has 2 heterocycles. The fourth-order valence-electron chi connectivity index (χ4n) is 3.22. The first-order valence-electron chi connectivity index (χ1n) is 7.98. The van der Waals surface area contributed by atoms with E-state index in [4.69, 9.17) is 0 Å². The predicted molar refractivity (Wildman–Crippen MR) is 90.9 cm³/mol. The molecule has 1 atom stereocenters. The monoisotopic (exact) mass is 341 g/mol. The molecule has 0 N–H and O–H groups in total. The second kappa shape index (κ2) is 6.16. The van der Waals surface area contributed by atoms with Gasteiger partial charge in [-0.25, -0.2) is 0 Å². The SMILES string of the molecule is CC(=O)N1CC(=O)N(C)C(Cc2cn(C(C)=O)c3ccccc23)C1=O. The zero-order valence-electron chi connectivity index (χ0n) is 14.4. The molecule has 130 valence electrons. The van der Waals surface area contributed by atoms with Crippen LogP contribution in [0.2, 0.25) is 0 Å². The fraction of sp³-hybridized carbons (Fsp3) is 0.333. The number of piperazine rings is 1. The Labute approximate surface area is 144 Å². The molecule has 0 spiro atoms. The molecule has 1 aromatic heterocycles. The van der Waals surface area contributed by atoms with Gasteiger partial charge in [-0.1, -0.05) is 18.2 Å². The summed E-state index contributed by atoms with van der Waals surface area (Å²) >= 11 is 0. The number of imide groups is 1. The first-order chi connectivity index (χ1) is 11.8. The minimum atomic E-state index is -0.767. The number of likely N-dealkylation sites (N-methyl/N-ethyl adjacent to an activating group) is 1. The van der Waals surface area contributed by atoms with Gasteiger partial charge in [0.05, 0.1) is 5.52 Å². The standard InChI is InChI=1S/C18H19N3O4/c1-11(22)20-9-13(14-6-4-5-7-15(14)20)8-16-18(25)21(12(2)23)10-17(24)19(16)3/h4-7,9,16H,8,10H2,1-3H3. The van der Waals surface area contributed by atoms with E-state index in [1.54, 1.807) is 13.2 Å². The summed E-state index contributed by atoms with van der Waals surface area (Å²) in [6.07, 6.45) is 1.94. The molecular weight excluding hydrogens is 322 g/mol. The topological polar surface area (TPSA) is 79.7 Å². The molecule has 1 unspecified atom stereocenters. The van der Waals surface area contributed by atoms with E-state index < -0.39 is 17.9 Å². The van der Waals surface area contributed by atoms with Crippen LogP contribution in [0.1, 0.15) is 24.2 Å². The number of hydrogen-bond donors (Lipinski definition) is 0. The summed E-state index contributed by atoms with van der Waals surface area (Å²) in [5.74, 6) is -1.25. The van der Waals surface area contributed by atoms with Crippen molar-refractivity contribution in [3.8, 4) is 0 Å². The zero-order chi connectivity index (χ0) is 18.3. The van der Waals surface area contributed by atoms with Gasteiger partial charge in [-0.3, -0.25) is 28.6 Å². The summed E-state index contributed by atoms with van der Waals surface area (Å²) in [6, 6.07) is 6.64. The molecule has 7 nitrogen and oxygen atoms in total. The van der Waals surface area contributed by atoms with Crippen LogP contribution >= 0.6 is 0 Å². The van der Waals surface area contributed by atoms with Crippen LogP contribution < -0.4 is 0 Å². The van der Waals surface area contributed by atoms with Crippen LogP contribution in [-0.2, 0) is 20.8 Å². The van der Waals surface area contributed by atoms with Crippen LogP contribution in [0.4, 0.5) is 0 Å². The van der Waals surface area contributed by atoms with E-state index in [1.165, 1.54) is 23.3 Å². The highest BCUT2D eigenvalue weighted by molar-refractivity contribution is 6.05. The van der Waals surface area contributed by atoms with E-state index in [0.29, 0.717) is 0 Å². The van der Waals surface area contributed by atoms with Gasteiger partial charge in [-0.05, 0) is 11.6 Å². The maximum atomic E-state index is 12.6. The van der Waals surface area contributed by atoms with Crippen molar-refractivity contribution in [3.63, 3.8) is 0 Å². The molecule has 3 rings (SSSR count). The van der Waals surface area contributed by atoms with Gasteiger partial charge in [0.2, 0.25) is 17.7 Å². The lowest BCUT2D eigenvalue weighted by Gasteiger charge is -2.36. The molecule has 3 amide bonds. The Hall–Kier alpha value is -2.96. The number of carbonyl (C=O) groups excluding carboxylic acids is 4. The molecule has 1 aliphatic rings. The summed E-state index contributed by atoms with van der Waals surface area (Å²) in [7, 11) is 1.56. The highest BCUT2D eigenvalue weighted by Gasteiger charge is 2.39. The van der Waals surface area contributed by atoms with Crippen molar-refractivity contribution in [1.29, 1.82) is 0 Å². The van der Waals surface area contributed by atoms with Crippen molar-refractivity contribution in [1.82, 2.24) is 14.4 Å². The van der Waals surface area contributed by atoms with Crippen molar-refractivity contribution in [2.45, 2.75) is 26.3 Å². The van der Waals surface area contributed by atoms with Crippen LogP contribution in [0.25, 0.3) is 10.9 Å². The van der Waals surface area contributed by atoms with Gasteiger partial charge in [-0.2, -0.15) is 0 Å². The summed E-state index contributed by atoms with van der Waals surface area (Å²) in [4.78, 5) is 50.7. The normalized spacial score (nSPS) is 18.1. The fourth-order valence-corrected chi connectivity index (χ4v) is 3.22. The van der Waals surface area contributed by atoms with Gasteiger partial charge < -0.3 is 4.90 Å². The molecule has 7 heteroatoms. The third kappa shape index (κ3) is 2.82. The molecular formula is C18H19N3O4. The second-order valence-corrected chi connectivity index (χ2v) is 6.23. The molecule has 1 aliphatic heterocycles. The second-order valence-electron chi connectivity index (χ2n) is 6.23. The van der Waals surface area contributed by atoms with E-state index in [2.05, 4.69) is 0 Å². The number of aromatic nitrogens is 1. The molecule has 0 aliphatic carbocycles. The quantitative estimate of drug-likeness (QED) is 0.818. The van der Waals surface area contributed by atoms with Gasteiger partial charge in [0.1, 0.15) is 12.6 Å². The van der Waals surface area contributed by atoms with E-state index in [0.717, 1.165) is 21.4 Å². The smallest absolute Gasteiger partial charge is 0.252 e. The Bertz CT molecular complexity index is 899. The Balaban J connectivity index is 2.02. The number of carbonyl (C=O) groups is 4. The highest BCUT2D eigenvalue weighted by Crippen LogP contribution is 2.25. The molecule has 25 heavy (non-hydrogen) atoms. The summed E-state index contributed by atoms with van der Waals surface area (Å²) in [6.45, 7) is 2.51. The molecule has 0 bridgehead atoms. The summed E-state index contributed by atoms with van der Waals surface area (Å²) < 4.78 is 1.53. The number of nitrogens with zero attached hydrogens (tertiary/aromatic N) is 3. The summed E-state index contributed by atoms with van der Waals surface area (Å²) in [5, 5.41) is 0.853. The number of para-hydroxylation sites is 1. The van der Waals surface area contributed by atoms with Crippen LogP contribution in [0.5, 0.6) is 0 Å². The van der Waals surface area contributed by atoms with E-state index in [1.807, 2.05) is 24.3 Å². The third-order valence-corrected chi connectivity index (χ3v) is 4.63. The number of hydrogen-bond acceptors (Lipinski definition) is 4. The Morgan fingerprint density at radius 1 is 1.12 bits per heavy atom. The molecule has 1 fully saturated rings. The van der Waals surface area contributed by atoms with Crippen molar-refractivity contribution >= 4 is 34.5 Å². The minimum absolute atomic E-state index is 0.132. The Morgan fingerprint density at radius 3 is 2.44 bits per heavy atom. The Kier molecular flexibility index (Phi) is 4.16. The molecule has 0 radical (unpaired) electrons. The first kappa shape index (κ1) is 16.9. The van der Waals surface area contributed by atoms with Gasteiger partial charge >= 0.3 is 0 Å². The highest BCUT2D eigenvalue weighted by atomic mass is 16.2. The molecule has 1 aromatic carbocycles. The van der Waals surface area contributed by atoms with Gasteiger partial charge in [-0.15, -0.1) is 0 Å². The van der Waals surface area contributed by atoms with Gasteiger partial charge in [0.15, 0.2) is 0 Å². The van der Waals surface area contributed by atoms with Crippen molar-refractivity contribution < 1.29 is 19.2 Å². The summed E-state index contributed by atoms with van der Waals surface area (Å²) in [5.41, 5.74) is 1.54. The molecule has 0 saturated carbocycles. The molecule has 2 aromatic rings. The van der Waals surface area contributed by atoms with Crippen LogP contribution in [0, 0.1) is 0 Å². The minimum Gasteiger partial charge on any atom is -0.332 e. The van der Waals surface area contributed by atoms with E-state index in [-0.39, 0.29) is 24.8 Å². The number of benzene rings is 1. The van der Waals surface area contributed by atoms with E-state index >= 15 is 0 Å². The van der Waals surface area contributed by atoms with Crippen LogP contribution in [0.15, 0.2) is 30.5 Å². The van der Waals surface area contributed by atoms with E-state index in [9.17, 15) is 19.2 Å². The van der Waals surface area contributed by atoms with Crippen molar-refractivity contribution in [3.05, 3.63) is 36.0 Å². The predicted octanol–water partition coefficient (Wildman–Crippen LogP) is 1.06. The average molecular weight is 341 g/mol.